The molecule has 0 unspecified atom stereocenters. The minimum atomic E-state index is -0.679. The summed E-state index contributed by atoms with van der Waals surface area (Å²) in [5.74, 6) is -0.221. The molecule has 0 bridgehead atoms. The fraction of sp³-hybridized carbons (Fsp3) is 0.333. The van der Waals surface area contributed by atoms with Gasteiger partial charge in [0.15, 0.2) is 0 Å². The largest absolute Gasteiger partial charge is 0.350 e. The van der Waals surface area contributed by atoms with Crippen molar-refractivity contribution in [2.75, 3.05) is 0 Å². The van der Waals surface area contributed by atoms with Gasteiger partial charge in [0.05, 0.1) is 11.4 Å². The molecule has 1 aliphatic rings. The van der Waals surface area contributed by atoms with Crippen LogP contribution in [0.2, 0.25) is 5.02 Å². The number of nitrogens with one attached hydrogen (secondary N) is 2. The van der Waals surface area contributed by atoms with E-state index in [1.165, 1.54) is 16.6 Å². The van der Waals surface area contributed by atoms with E-state index in [4.69, 9.17) is 11.6 Å². The number of hydrogen-bond donors (Lipinski definition) is 2. The Morgan fingerprint density at radius 3 is 2.82 bits per heavy atom. The highest BCUT2D eigenvalue weighted by atomic mass is 35.5. The second-order valence-corrected chi connectivity index (χ2v) is 10.0. The Kier molecular flexibility index (Phi) is 7.78. The maximum absolute atomic E-state index is 13.1. The van der Waals surface area contributed by atoms with Crippen molar-refractivity contribution in [3.8, 4) is 11.4 Å². The van der Waals surface area contributed by atoms with Gasteiger partial charge in [-0.15, -0.1) is 5.10 Å². The zero-order chi connectivity index (χ0) is 26.5. The van der Waals surface area contributed by atoms with Gasteiger partial charge in [0.25, 0.3) is 0 Å². The molecule has 0 radical (unpaired) electrons. The van der Waals surface area contributed by atoms with Crippen molar-refractivity contribution in [3.05, 3.63) is 83.4 Å². The van der Waals surface area contributed by atoms with Crippen LogP contribution in [0.1, 0.15) is 49.7 Å². The first kappa shape index (κ1) is 25.6. The number of nitrogens with zero attached hydrogens (tertiary/aromatic N) is 6. The minimum absolute atomic E-state index is 0.0854. The summed E-state index contributed by atoms with van der Waals surface area (Å²) in [5.41, 5.74) is 3.68. The summed E-state index contributed by atoms with van der Waals surface area (Å²) < 4.78 is 3.35. The number of hydrogen-bond acceptors (Lipinski definition) is 6. The van der Waals surface area contributed by atoms with Crippen molar-refractivity contribution in [3.63, 3.8) is 0 Å². The van der Waals surface area contributed by atoms with Gasteiger partial charge in [-0.3, -0.25) is 9.59 Å². The van der Waals surface area contributed by atoms with E-state index in [0.29, 0.717) is 10.7 Å². The number of tetrazole rings is 1. The molecule has 196 valence electrons. The van der Waals surface area contributed by atoms with Crippen molar-refractivity contribution in [2.45, 2.75) is 51.1 Å². The maximum Gasteiger partial charge on any atom is 0.242 e. The van der Waals surface area contributed by atoms with Gasteiger partial charge in [0.1, 0.15) is 12.4 Å². The molecule has 11 heteroatoms. The monoisotopic (exact) mass is 532 g/mol. The van der Waals surface area contributed by atoms with Gasteiger partial charge in [0, 0.05) is 29.9 Å². The normalized spacial score (nSPS) is 18.1. The van der Waals surface area contributed by atoms with Crippen LogP contribution >= 0.6 is 11.6 Å². The Bertz CT molecular complexity index is 1390. The van der Waals surface area contributed by atoms with E-state index in [-0.39, 0.29) is 30.2 Å². The predicted molar refractivity (Wildman–Crippen MR) is 142 cm³/mol. The molecule has 0 saturated heterocycles. The maximum atomic E-state index is 13.1. The minimum Gasteiger partial charge on any atom is -0.350 e. The fourth-order valence-corrected chi connectivity index (χ4v) is 5.19. The van der Waals surface area contributed by atoms with Crippen LogP contribution in [0, 0.1) is 5.92 Å². The molecule has 1 aliphatic carbocycles. The quantitative estimate of drug-likeness (QED) is 0.358. The zero-order valence-corrected chi connectivity index (χ0v) is 21.8. The van der Waals surface area contributed by atoms with E-state index in [9.17, 15) is 9.59 Å². The molecule has 4 aromatic rings. The molecule has 5 rings (SSSR count). The van der Waals surface area contributed by atoms with E-state index in [1.54, 1.807) is 31.3 Å². The van der Waals surface area contributed by atoms with Crippen molar-refractivity contribution < 1.29 is 9.59 Å². The van der Waals surface area contributed by atoms with Crippen LogP contribution in [0.5, 0.6) is 0 Å². The number of rotatable bonds is 8. The number of aromatic nitrogens is 6. The number of amides is 2. The van der Waals surface area contributed by atoms with Crippen molar-refractivity contribution in [2.24, 2.45) is 5.92 Å². The van der Waals surface area contributed by atoms with Gasteiger partial charge in [-0.1, -0.05) is 30.2 Å². The SMILES string of the molecule is C[C@H](NC(=O)[C@@H]1CCC[C@H](c2cccc(-n3cccn3)c2)C1)C(=O)NCc1cc(Cl)ccc1-n1cnnn1. The average Bonchev–Trinajstić information content (AvgIpc) is 3.67. The molecular formula is C27H29ClN8O2. The first-order chi connectivity index (χ1) is 18.5. The van der Waals surface area contributed by atoms with Crippen LogP contribution in [-0.4, -0.2) is 47.8 Å². The van der Waals surface area contributed by atoms with E-state index in [2.05, 4.69) is 43.4 Å². The first-order valence-corrected chi connectivity index (χ1v) is 13.1. The van der Waals surface area contributed by atoms with Crippen molar-refractivity contribution >= 4 is 23.4 Å². The predicted octanol–water partition coefficient (Wildman–Crippen LogP) is 3.60. The molecule has 2 aromatic carbocycles. The van der Waals surface area contributed by atoms with E-state index in [1.807, 2.05) is 29.1 Å². The molecule has 2 N–H and O–H groups in total. The summed E-state index contributed by atoms with van der Waals surface area (Å²) in [6, 6.07) is 14.8. The smallest absolute Gasteiger partial charge is 0.242 e. The summed E-state index contributed by atoms with van der Waals surface area (Å²) >= 11 is 6.17. The molecule has 3 atom stereocenters. The van der Waals surface area contributed by atoms with E-state index in [0.717, 1.165) is 36.9 Å². The third-order valence-corrected chi connectivity index (χ3v) is 7.23. The summed E-state index contributed by atoms with van der Waals surface area (Å²) in [5, 5.41) is 21.9. The number of carbonyl (C=O) groups is 2. The highest BCUT2D eigenvalue weighted by Gasteiger charge is 2.30. The number of carbonyl (C=O) groups excluding carboxylic acids is 2. The molecular weight excluding hydrogens is 504 g/mol. The molecule has 38 heavy (non-hydrogen) atoms. The van der Waals surface area contributed by atoms with Gasteiger partial charge < -0.3 is 10.6 Å². The number of benzene rings is 2. The van der Waals surface area contributed by atoms with Gasteiger partial charge in [-0.05, 0) is 90.1 Å². The Labute approximate surface area is 225 Å². The third-order valence-electron chi connectivity index (χ3n) is 7.00. The second-order valence-electron chi connectivity index (χ2n) is 9.58. The molecule has 2 amide bonds. The Balaban J connectivity index is 1.17. The van der Waals surface area contributed by atoms with Crippen LogP contribution in [0.4, 0.5) is 0 Å². The molecule has 2 aromatic heterocycles. The second kappa shape index (κ2) is 11.6. The summed E-state index contributed by atoms with van der Waals surface area (Å²) in [7, 11) is 0. The van der Waals surface area contributed by atoms with Crippen LogP contribution in [-0.2, 0) is 16.1 Å². The lowest BCUT2D eigenvalue weighted by molar-refractivity contribution is -0.131. The van der Waals surface area contributed by atoms with E-state index < -0.39 is 6.04 Å². The van der Waals surface area contributed by atoms with Gasteiger partial charge >= 0.3 is 0 Å². The van der Waals surface area contributed by atoms with Crippen LogP contribution in [0.25, 0.3) is 11.4 Å². The van der Waals surface area contributed by atoms with Crippen LogP contribution in [0.15, 0.2) is 67.3 Å². The summed E-state index contributed by atoms with van der Waals surface area (Å²) in [4.78, 5) is 26.0. The summed E-state index contributed by atoms with van der Waals surface area (Å²) in [6.07, 6.45) is 8.71. The lowest BCUT2D eigenvalue weighted by Crippen LogP contribution is -2.47. The Morgan fingerprint density at radius 1 is 1.13 bits per heavy atom. The van der Waals surface area contributed by atoms with Crippen molar-refractivity contribution in [1.82, 2.24) is 40.6 Å². The molecule has 10 nitrogen and oxygen atoms in total. The van der Waals surface area contributed by atoms with E-state index >= 15 is 0 Å². The van der Waals surface area contributed by atoms with Gasteiger partial charge in [-0.25, -0.2) is 9.36 Å². The third kappa shape index (κ3) is 5.91. The molecule has 0 aliphatic heterocycles. The summed E-state index contributed by atoms with van der Waals surface area (Å²) in [6.45, 7) is 1.91. The highest BCUT2D eigenvalue weighted by Crippen LogP contribution is 2.37. The molecule has 2 heterocycles. The topological polar surface area (TPSA) is 120 Å². The lowest BCUT2D eigenvalue weighted by atomic mass is 9.77. The number of halogens is 1. The van der Waals surface area contributed by atoms with Gasteiger partial charge in [-0.2, -0.15) is 5.10 Å². The molecule has 0 spiro atoms. The highest BCUT2D eigenvalue weighted by molar-refractivity contribution is 6.30. The zero-order valence-electron chi connectivity index (χ0n) is 21.0. The molecule has 1 saturated carbocycles. The Hall–Kier alpha value is -4.05. The Morgan fingerprint density at radius 2 is 2.03 bits per heavy atom. The lowest BCUT2D eigenvalue weighted by Gasteiger charge is -2.29. The fourth-order valence-electron chi connectivity index (χ4n) is 5.00. The molecule has 1 fully saturated rings. The first-order valence-electron chi connectivity index (χ1n) is 12.7. The average molecular weight is 533 g/mol. The van der Waals surface area contributed by atoms with Crippen LogP contribution < -0.4 is 10.6 Å². The van der Waals surface area contributed by atoms with Gasteiger partial charge in [0.2, 0.25) is 11.8 Å². The van der Waals surface area contributed by atoms with Crippen molar-refractivity contribution in [1.29, 1.82) is 0 Å². The standard InChI is InChI=1S/C27H29ClN8O2/c1-18(26(37)29-16-22-14-23(28)9-10-25(22)36-17-30-33-34-36)32-27(38)21-7-2-5-19(13-21)20-6-3-8-24(15-20)35-12-4-11-31-35/h3-4,6,8-12,14-15,17-19,21H,2,5,7,13,16H2,1H3,(H,29,37)(H,32,38)/t18-,19-,21+/m0/s1. The van der Waals surface area contributed by atoms with Crippen LogP contribution in [0.3, 0.4) is 0 Å².